The second-order valence-electron chi connectivity index (χ2n) is 3.48. The number of hydrogen-bond donors (Lipinski definition) is 3. The number of nitrogens with one attached hydrogen (secondary N) is 3. The molecular formula is C10H18N4S. The molecule has 1 aromatic rings. The number of H-pyrrole nitrogens is 1. The molecule has 3 N–H and O–H groups in total. The molecular weight excluding hydrogens is 208 g/mol. The molecule has 0 aromatic carbocycles. The van der Waals surface area contributed by atoms with Gasteiger partial charge in [-0.05, 0) is 25.6 Å². The van der Waals surface area contributed by atoms with E-state index in [0.29, 0.717) is 5.11 Å². The van der Waals surface area contributed by atoms with Crippen molar-refractivity contribution in [3.05, 3.63) is 17.5 Å². The molecule has 5 heteroatoms. The Morgan fingerprint density at radius 1 is 1.53 bits per heavy atom. The number of aryl methyl sites for hydroxylation is 1. The largest absolute Gasteiger partial charge is 0.363 e. The molecule has 0 aliphatic carbocycles. The van der Waals surface area contributed by atoms with E-state index in [0.717, 1.165) is 30.8 Å². The molecule has 0 unspecified atom stereocenters. The van der Waals surface area contributed by atoms with E-state index in [1.54, 1.807) is 0 Å². The third-order valence-electron chi connectivity index (χ3n) is 2.19. The van der Waals surface area contributed by atoms with E-state index in [1.165, 1.54) is 6.42 Å². The second kappa shape index (κ2) is 6.40. The lowest BCUT2D eigenvalue weighted by Crippen LogP contribution is -2.35. The summed E-state index contributed by atoms with van der Waals surface area (Å²) < 4.78 is 0. The first-order chi connectivity index (χ1) is 7.24. The summed E-state index contributed by atoms with van der Waals surface area (Å²) in [5.74, 6) is 0. The number of thiocarbonyl (C=S) groups is 1. The zero-order chi connectivity index (χ0) is 11.1. The lowest BCUT2D eigenvalue weighted by molar-refractivity contribution is 0.738. The van der Waals surface area contributed by atoms with Gasteiger partial charge in [-0.1, -0.05) is 13.3 Å². The van der Waals surface area contributed by atoms with Gasteiger partial charge in [-0.2, -0.15) is 5.10 Å². The van der Waals surface area contributed by atoms with Gasteiger partial charge in [0, 0.05) is 24.3 Å². The highest BCUT2D eigenvalue weighted by molar-refractivity contribution is 7.80. The van der Waals surface area contributed by atoms with Crippen LogP contribution in [0, 0.1) is 6.92 Å². The van der Waals surface area contributed by atoms with Crippen molar-refractivity contribution in [2.45, 2.75) is 33.2 Å². The van der Waals surface area contributed by atoms with Crippen molar-refractivity contribution >= 4 is 17.3 Å². The summed E-state index contributed by atoms with van der Waals surface area (Å²) in [6.45, 7) is 5.82. The van der Waals surface area contributed by atoms with Crippen LogP contribution in [0.15, 0.2) is 6.20 Å². The SMILES string of the molecule is CCCCNC(=S)NCc1cn[nH]c1C. The van der Waals surface area contributed by atoms with E-state index < -0.39 is 0 Å². The van der Waals surface area contributed by atoms with E-state index in [2.05, 4.69) is 27.8 Å². The standard InChI is InChI=1S/C10H18N4S/c1-3-4-5-11-10(15)12-6-9-7-13-14-8(9)2/h7H,3-6H2,1-2H3,(H,13,14)(H2,11,12,15). The van der Waals surface area contributed by atoms with Crippen molar-refractivity contribution in [1.29, 1.82) is 0 Å². The minimum absolute atomic E-state index is 0.712. The highest BCUT2D eigenvalue weighted by atomic mass is 32.1. The Labute approximate surface area is 95.8 Å². The number of aromatic nitrogens is 2. The van der Waals surface area contributed by atoms with Gasteiger partial charge >= 0.3 is 0 Å². The molecule has 0 saturated carbocycles. The molecule has 0 aliphatic rings. The summed E-state index contributed by atoms with van der Waals surface area (Å²) >= 11 is 5.13. The van der Waals surface area contributed by atoms with E-state index in [-0.39, 0.29) is 0 Å². The van der Waals surface area contributed by atoms with Crippen LogP contribution in [0.2, 0.25) is 0 Å². The Morgan fingerprint density at radius 2 is 2.33 bits per heavy atom. The van der Waals surface area contributed by atoms with Crippen LogP contribution >= 0.6 is 12.2 Å². The van der Waals surface area contributed by atoms with Gasteiger partial charge in [0.15, 0.2) is 5.11 Å². The molecule has 4 nitrogen and oxygen atoms in total. The number of rotatable bonds is 5. The predicted molar refractivity (Wildman–Crippen MR) is 65.7 cm³/mol. The molecule has 0 amide bonds. The van der Waals surface area contributed by atoms with Crippen LogP contribution in [0.3, 0.4) is 0 Å². The van der Waals surface area contributed by atoms with E-state index in [1.807, 2.05) is 13.1 Å². The van der Waals surface area contributed by atoms with Gasteiger partial charge in [0.25, 0.3) is 0 Å². The molecule has 1 heterocycles. The lowest BCUT2D eigenvalue weighted by atomic mass is 10.3. The maximum Gasteiger partial charge on any atom is 0.166 e. The highest BCUT2D eigenvalue weighted by Crippen LogP contribution is 2.00. The zero-order valence-corrected chi connectivity index (χ0v) is 10.1. The van der Waals surface area contributed by atoms with Gasteiger partial charge in [0.1, 0.15) is 0 Å². The Kier molecular flexibility index (Phi) is 5.10. The Hall–Kier alpha value is -1.10. The quantitative estimate of drug-likeness (QED) is 0.526. The maximum absolute atomic E-state index is 5.13. The molecule has 0 saturated heterocycles. The van der Waals surface area contributed by atoms with E-state index in [4.69, 9.17) is 12.2 Å². The monoisotopic (exact) mass is 226 g/mol. The first kappa shape index (κ1) is 12.0. The minimum Gasteiger partial charge on any atom is -0.363 e. The van der Waals surface area contributed by atoms with Gasteiger partial charge in [-0.3, -0.25) is 5.10 Å². The lowest BCUT2D eigenvalue weighted by Gasteiger charge is -2.09. The van der Waals surface area contributed by atoms with Gasteiger partial charge < -0.3 is 10.6 Å². The van der Waals surface area contributed by atoms with Crippen molar-refractivity contribution < 1.29 is 0 Å². The summed E-state index contributed by atoms with van der Waals surface area (Å²) in [5, 5.41) is 13.8. The third kappa shape index (κ3) is 4.29. The van der Waals surface area contributed by atoms with Crippen LogP contribution in [-0.4, -0.2) is 21.9 Å². The molecule has 1 aromatic heterocycles. The fourth-order valence-electron chi connectivity index (χ4n) is 1.17. The highest BCUT2D eigenvalue weighted by Gasteiger charge is 2.00. The summed E-state index contributed by atoms with van der Waals surface area (Å²) in [6, 6.07) is 0. The average molecular weight is 226 g/mol. The number of unbranched alkanes of at least 4 members (excludes halogenated alkanes) is 1. The van der Waals surface area contributed by atoms with Gasteiger partial charge in [-0.25, -0.2) is 0 Å². The zero-order valence-electron chi connectivity index (χ0n) is 9.26. The molecule has 0 fully saturated rings. The minimum atomic E-state index is 0.712. The summed E-state index contributed by atoms with van der Waals surface area (Å²) in [6.07, 6.45) is 4.14. The van der Waals surface area contributed by atoms with Gasteiger partial charge in [0.05, 0.1) is 6.20 Å². The van der Waals surface area contributed by atoms with Crippen LogP contribution in [0.5, 0.6) is 0 Å². The van der Waals surface area contributed by atoms with Crippen molar-refractivity contribution in [2.75, 3.05) is 6.54 Å². The molecule has 0 atom stereocenters. The number of aromatic amines is 1. The molecule has 0 radical (unpaired) electrons. The second-order valence-corrected chi connectivity index (χ2v) is 3.89. The van der Waals surface area contributed by atoms with Crippen LogP contribution < -0.4 is 10.6 Å². The molecule has 84 valence electrons. The van der Waals surface area contributed by atoms with Gasteiger partial charge in [0.2, 0.25) is 0 Å². The van der Waals surface area contributed by atoms with E-state index >= 15 is 0 Å². The molecule has 1 rings (SSSR count). The maximum atomic E-state index is 5.13. The molecule has 0 bridgehead atoms. The van der Waals surface area contributed by atoms with Crippen molar-refractivity contribution in [2.24, 2.45) is 0 Å². The number of hydrogen-bond acceptors (Lipinski definition) is 2. The Bertz CT molecular complexity index is 308. The first-order valence-electron chi connectivity index (χ1n) is 5.24. The van der Waals surface area contributed by atoms with Gasteiger partial charge in [-0.15, -0.1) is 0 Å². The summed E-state index contributed by atoms with van der Waals surface area (Å²) in [4.78, 5) is 0. The van der Waals surface area contributed by atoms with Crippen LogP contribution in [-0.2, 0) is 6.54 Å². The topological polar surface area (TPSA) is 52.7 Å². The first-order valence-corrected chi connectivity index (χ1v) is 5.65. The summed E-state index contributed by atoms with van der Waals surface area (Å²) in [5.41, 5.74) is 2.23. The van der Waals surface area contributed by atoms with Crippen LogP contribution in [0.4, 0.5) is 0 Å². The van der Waals surface area contributed by atoms with Crippen LogP contribution in [0.1, 0.15) is 31.0 Å². The summed E-state index contributed by atoms with van der Waals surface area (Å²) in [7, 11) is 0. The number of nitrogens with zero attached hydrogens (tertiary/aromatic N) is 1. The van der Waals surface area contributed by atoms with Crippen LogP contribution in [0.25, 0.3) is 0 Å². The Morgan fingerprint density at radius 3 is 2.93 bits per heavy atom. The molecule has 0 spiro atoms. The predicted octanol–water partition coefficient (Wildman–Crippen LogP) is 1.48. The van der Waals surface area contributed by atoms with Crippen molar-refractivity contribution in [3.63, 3.8) is 0 Å². The third-order valence-corrected chi connectivity index (χ3v) is 2.48. The fourth-order valence-corrected chi connectivity index (χ4v) is 1.34. The molecule has 0 aliphatic heterocycles. The van der Waals surface area contributed by atoms with Crippen molar-refractivity contribution in [3.8, 4) is 0 Å². The fraction of sp³-hybridized carbons (Fsp3) is 0.600. The average Bonchev–Trinajstić information content (AvgIpc) is 2.61. The smallest absolute Gasteiger partial charge is 0.166 e. The van der Waals surface area contributed by atoms with Crippen molar-refractivity contribution in [1.82, 2.24) is 20.8 Å². The molecule has 15 heavy (non-hydrogen) atoms. The normalized spacial score (nSPS) is 10.0. The Balaban J connectivity index is 2.20. The van der Waals surface area contributed by atoms with E-state index in [9.17, 15) is 0 Å².